The van der Waals surface area contributed by atoms with Crippen molar-refractivity contribution in [2.45, 2.75) is 51.9 Å². The minimum atomic E-state index is -0.255. The van der Waals surface area contributed by atoms with E-state index in [0.29, 0.717) is 18.9 Å². The summed E-state index contributed by atoms with van der Waals surface area (Å²) in [6.07, 6.45) is 4.65. The SMILES string of the molecule is CCOC(=O)C(CC)c1ccc(C(=O)C2CCC(CN)CC2)cc1. The van der Waals surface area contributed by atoms with Crippen molar-refractivity contribution in [2.24, 2.45) is 17.6 Å². The number of benzene rings is 1. The molecule has 1 aliphatic carbocycles. The Morgan fingerprint density at radius 3 is 2.25 bits per heavy atom. The summed E-state index contributed by atoms with van der Waals surface area (Å²) in [5.41, 5.74) is 7.38. The van der Waals surface area contributed by atoms with Crippen LogP contribution in [0.1, 0.15) is 67.8 Å². The second-order valence-corrected chi connectivity index (χ2v) is 6.65. The molecule has 132 valence electrons. The third-order valence-corrected chi connectivity index (χ3v) is 5.13. The van der Waals surface area contributed by atoms with Crippen molar-refractivity contribution in [3.63, 3.8) is 0 Å². The number of ether oxygens (including phenoxy) is 1. The highest BCUT2D eigenvalue weighted by atomic mass is 16.5. The van der Waals surface area contributed by atoms with Crippen LogP contribution >= 0.6 is 0 Å². The van der Waals surface area contributed by atoms with E-state index in [9.17, 15) is 9.59 Å². The largest absolute Gasteiger partial charge is 0.466 e. The molecule has 24 heavy (non-hydrogen) atoms. The molecule has 0 bridgehead atoms. The zero-order valence-corrected chi connectivity index (χ0v) is 14.8. The van der Waals surface area contributed by atoms with Gasteiger partial charge in [-0.2, -0.15) is 0 Å². The number of esters is 1. The zero-order valence-electron chi connectivity index (χ0n) is 14.8. The first-order chi connectivity index (χ1) is 11.6. The van der Waals surface area contributed by atoms with Gasteiger partial charge in [0.15, 0.2) is 5.78 Å². The van der Waals surface area contributed by atoms with Gasteiger partial charge in [0.2, 0.25) is 0 Å². The summed E-state index contributed by atoms with van der Waals surface area (Å²) in [5, 5.41) is 0. The lowest BCUT2D eigenvalue weighted by Gasteiger charge is -2.26. The molecule has 0 spiro atoms. The standard InChI is InChI=1S/C20H29NO3/c1-3-18(20(23)24-4-2)15-9-11-17(12-10-15)19(22)16-7-5-14(13-21)6-8-16/h9-12,14,16,18H,3-8,13,21H2,1-2H3. The van der Waals surface area contributed by atoms with Crippen molar-refractivity contribution < 1.29 is 14.3 Å². The Labute approximate surface area is 144 Å². The first-order valence-corrected chi connectivity index (χ1v) is 9.11. The van der Waals surface area contributed by atoms with Gasteiger partial charge in [0, 0.05) is 11.5 Å². The van der Waals surface area contributed by atoms with E-state index in [1.807, 2.05) is 38.1 Å². The fourth-order valence-electron chi connectivity index (χ4n) is 3.56. The van der Waals surface area contributed by atoms with Gasteiger partial charge in [0.05, 0.1) is 12.5 Å². The Kier molecular flexibility index (Phi) is 6.98. The molecule has 0 saturated heterocycles. The Hall–Kier alpha value is -1.68. The Bertz CT molecular complexity index is 545. The van der Waals surface area contributed by atoms with Crippen molar-refractivity contribution in [2.75, 3.05) is 13.2 Å². The van der Waals surface area contributed by atoms with Crippen LogP contribution in [0.4, 0.5) is 0 Å². The predicted octanol–water partition coefficient (Wildman–Crippen LogP) is 3.69. The normalized spacial score (nSPS) is 22.0. The molecule has 2 rings (SSSR count). The fourth-order valence-corrected chi connectivity index (χ4v) is 3.56. The van der Waals surface area contributed by atoms with Crippen LogP contribution in [0.3, 0.4) is 0 Å². The lowest BCUT2D eigenvalue weighted by atomic mass is 9.78. The number of hydrogen-bond acceptors (Lipinski definition) is 4. The summed E-state index contributed by atoms with van der Waals surface area (Å²) < 4.78 is 5.13. The van der Waals surface area contributed by atoms with E-state index in [1.54, 1.807) is 0 Å². The number of carbonyl (C=O) groups is 2. The molecule has 1 aliphatic rings. The average Bonchev–Trinajstić information content (AvgIpc) is 2.62. The molecule has 0 radical (unpaired) electrons. The van der Waals surface area contributed by atoms with Crippen molar-refractivity contribution in [3.05, 3.63) is 35.4 Å². The highest BCUT2D eigenvalue weighted by Crippen LogP contribution is 2.31. The maximum absolute atomic E-state index is 12.7. The van der Waals surface area contributed by atoms with Crippen LogP contribution in [0.2, 0.25) is 0 Å². The van der Waals surface area contributed by atoms with Gasteiger partial charge in [-0.1, -0.05) is 31.2 Å². The van der Waals surface area contributed by atoms with Crippen LogP contribution in [0, 0.1) is 11.8 Å². The molecule has 0 aromatic heterocycles. The van der Waals surface area contributed by atoms with Gasteiger partial charge in [-0.25, -0.2) is 0 Å². The van der Waals surface area contributed by atoms with E-state index in [2.05, 4.69) is 0 Å². The van der Waals surface area contributed by atoms with Crippen LogP contribution in [0.25, 0.3) is 0 Å². The van der Waals surface area contributed by atoms with Gasteiger partial charge >= 0.3 is 5.97 Å². The highest BCUT2D eigenvalue weighted by molar-refractivity contribution is 5.98. The number of Topliss-reactive ketones (excluding diaryl/α,β-unsaturated/α-hetero) is 1. The number of rotatable bonds is 7. The van der Waals surface area contributed by atoms with Crippen LogP contribution in [0.15, 0.2) is 24.3 Å². The van der Waals surface area contributed by atoms with E-state index in [1.165, 1.54) is 0 Å². The highest BCUT2D eigenvalue weighted by Gasteiger charge is 2.27. The number of carbonyl (C=O) groups excluding carboxylic acids is 2. The molecule has 1 atom stereocenters. The van der Waals surface area contributed by atoms with Crippen LogP contribution < -0.4 is 5.73 Å². The van der Waals surface area contributed by atoms with Gasteiger partial charge in [-0.3, -0.25) is 9.59 Å². The third-order valence-electron chi connectivity index (χ3n) is 5.13. The molecule has 2 N–H and O–H groups in total. The number of ketones is 1. The minimum Gasteiger partial charge on any atom is -0.466 e. The second kappa shape index (κ2) is 8.97. The molecule has 1 unspecified atom stereocenters. The Morgan fingerprint density at radius 1 is 1.12 bits per heavy atom. The summed E-state index contributed by atoms with van der Waals surface area (Å²) in [5.74, 6) is 0.464. The lowest BCUT2D eigenvalue weighted by molar-refractivity contribution is -0.145. The first-order valence-electron chi connectivity index (χ1n) is 9.11. The summed E-state index contributed by atoms with van der Waals surface area (Å²) >= 11 is 0. The molecule has 1 aromatic carbocycles. The third kappa shape index (κ3) is 4.44. The summed E-state index contributed by atoms with van der Waals surface area (Å²) in [6, 6.07) is 7.50. The van der Waals surface area contributed by atoms with E-state index >= 15 is 0 Å². The lowest BCUT2D eigenvalue weighted by Crippen LogP contribution is -2.25. The Morgan fingerprint density at radius 2 is 1.75 bits per heavy atom. The van der Waals surface area contributed by atoms with Gasteiger partial charge in [-0.15, -0.1) is 0 Å². The molecule has 0 heterocycles. The van der Waals surface area contributed by atoms with E-state index in [4.69, 9.17) is 10.5 Å². The molecule has 1 saturated carbocycles. The molecule has 0 amide bonds. The minimum absolute atomic E-state index is 0.116. The van der Waals surface area contributed by atoms with Gasteiger partial charge < -0.3 is 10.5 Å². The smallest absolute Gasteiger partial charge is 0.313 e. The van der Waals surface area contributed by atoms with E-state index in [0.717, 1.165) is 43.4 Å². The topological polar surface area (TPSA) is 69.4 Å². The maximum Gasteiger partial charge on any atom is 0.313 e. The van der Waals surface area contributed by atoms with Crippen LogP contribution in [0.5, 0.6) is 0 Å². The molecule has 1 fully saturated rings. The van der Waals surface area contributed by atoms with Gasteiger partial charge in [0.1, 0.15) is 0 Å². The van der Waals surface area contributed by atoms with E-state index in [-0.39, 0.29) is 23.6 Å². The monoisotopic (exact) mass is 331 g/mol. The van der Waals surface area contributed by atoms with Crippen molar-refractivity contribution in [3.8, 4) is 0 Å². The van der Waals surface area contributed by atoms with Crippen molar-refractivity contribution >= 4 is 11.8 Å². The predicted molar refractivity (Wildman–Crippen MR) is 94.9 cm³/mol. The van der Waals surface area contributed by atoms with E-state index < -0.39 is 0 Å². The molecule has 0 aliphatic heterocycles. The average molecular weight is 331 g/mol. The molecule has 4 nitrogen and oxygen atoms in total. The van der Waals surface area contributed by atoms with Crippen LogP contribution in [-0.4, -0.2) is 24.9 Å². The second-order valence-electron chi connectivity index (χ2n) is 6.65. The summed E-state index contributed by atoms with van der Waals surface area (Å²) in [4.78, 5) is 24.7. The maximum atomic E-state index is 12.7. The number of nitrogens with two attached hydrogens (primary N) is 1. The summed E-state index contributed by atoms with van der Waals surface area (Å²) in [6.45, 7) is 4.89. The quantitative estimate of drug-likeness (QED) is 0.611. The van der Waals surface area contributed by atoms with Gasteiger partial charge in [-0.05, 0) is 57.1 Å². The Balaban J connectivity index is 2.03. The van der Waals surface area contributed by atoms with Crippen LogP contribution in [-0.2, 0) is 9.53 Å². The number of hydrogen-bond donors (Lipinski definition) is 1. The molecule has 4 heteroatoms. The molecule has 1 aromatic rings. The fraction of sp³-hybridized carbons (Fsp3) is 0.600. The van der Waals surface area contributed by atoms with Gasteiger partial charge in [0.25, 0.3) is 0 Å². The van der Waals surface area contributed by atoms with Crippen molar-refractivity contribution in [1.29, 1.82) is 0 Å². The summed E-state index contributed by atoms with van der Waals surface area (Å²) in [7, 11) is 0. The molecular formula is C20H29NO3. The molecular weight excluding hydrogens is 302 g/mol. The first kappa shape index (κ1) is 18.7. The van der Waals surface area contributed by atoms with Crippen molar-refractivity contribution in [1.82, 2.24) is 0 Å². The zero-order chi connectivity index (χ0) is 17.5.